The zero-order valence-electron chi connectivity index (χ0n) is 16.1. The van der Waals surface area contributed by atoms with Crippen LogP contribution >= 0.6 is 0 Å². The first kappa shape index (κ1) is 21.4. The lowest BCUT2D eigenvalue weighted by Crippen LogP contribution is -2.04. The smallest absolute Gasteiger partial charge is 0.339 e. The molecule has 28 heavy (non-hydrogen) atoms. The van der Waals surface area contributed by atoms with Crippen molar-refractivity contribution < 1.29 is 30.0 Å². The maximum atomic E-state index is 11.2. The number of phenols is 3. The van der Waals surface area contributed by atoms with Gasteiger partial charge in [0.1, 0.15) is 17.1 Å². The fraction of sp³-hybridized carbons (Fsp3) is 0.409. The maximum absolute atomic E-state index is 11.2. The molecule has 0 aliphatic rings. The number of ether oxygens (including phenoxy) is 1. The first-order chi connectivity index (χ1) is 13.5. The number of aromatic carboxylic acids is 1. The van der Waals surface area contributed by atoms with E-state index >= 15 is 0 Å². The molecule has 0 unspecified atom stereocenters. The van der Waals surface area contributed by atoms with Crippen LogP contribution < -0.4 is 4.74 Å². The van der Waals surface area contributed by atoms with E-state index in [4.69, 9.17) is 9.84 Å². The summed E-state index contributed by atoms with van der Waals surface area (Å²) in [6.45, 7) is 2.45. The number of aromatic hydroxyl groups is 3. The molecule has 2 rings (SSSR count). The number of carbonyl (C=O) groups is 1. The van der Waals surface area contributed by atoms with Crippen LogP contribution in [0.4, 0.5) is 0 Å². The van der Waals surface area contributed by atoms with Crippen molar-refractivity contribution >= 4 is 5.97 Å². The summed E-state index contributed by atoms with van der Waals surface area (Å²) in [5.41, 5.74) is 1.18. The molecule has 0 amide bonds. The Hall–Kier alpha value is -2.89. The lowest BCUT2D eigenvalue weighted by Gasteiger charge is -2.14. The summed E-state index contributed by atoms with van der Waals surface area (Å²) >= 11 is 0. The summed E-state index contributed by atoms with van der Waals surface area (Å²) in [7, 11) is 0. The highest BCUT2D eigenvalue weighted by molar-refractivity contribution is 5.91. The van der Waals surface area contributed by atoms with E-state index in [9.17, 15) is 20.1 Å². The van der Waals surface area contributed by atoms with Crippen LogP contribution in [0, 0.1) is 0 Å². The second-order valence-electron chi connectivity index (χ2n) is 6.79. The quantitative estimate of drug-likeness (QED) is 0.330. The largest absolute Gasteiger partial charge is 0.507 e. The second kappa shape index (κ2) is 10.4. The summed E-state index contributed by atoms with van der Waals surface area (Å²) in [5, 5.41) is 38.6. The van der Waals surface area contributed by atoms with Gasteiger partial charge < -0.3 is 25.2 Å². The van der Waals surface area contributed by atoms with Crippen LogP contribution in [-0.4, -0.2) is 33.0 Å². The molecule has 4 N–H and O–H groups in total. The number of rotatable bonds is 11. The SMILES string of the molecule is CCCc1c(OCCCCCCc2cccc(O)c2O)ccc(C(=O)O)c1O. The molecule has 0 bridgehead atoms. The molecule has 0 fully saturated rings. The number of unbranched alkanes of at least 4 members (excludes halogenated alkanes) is 3. The standard InChI is InChI=1S/C22H28O6/c1-2-8-16-19(13-12-17(21(16)25)22(26)27)28-14-6-4-3-5-9-15-10-7-11-18(23)20(15)24/h7,10-13,23-25H,2-6,8-9,14H2,1H3,(H,26,27). The number of carboxylic acids is 1. The van der Waals surface area contributed by atoms with Gasteiger partial charge in [-0.3, -0.25) is 0 Å². The topological polar surface area (TPSA) is 107 Å². The van der Waals surface area contributed by atoms with Gasteiger partial charge in [0.2, 0.25) is 0 Å². The van der Waals surface area contributed by atoms with E-state index in [0.717, 1.165) is 37.7 Å². The second-order valence-corrected chi connectivity index (χ2v) is 6.79. The normalized spacial score (nSPS) is 10.8. The first-order valence-corrected chi connectivity index (χ1v) is 9.66. The average molecular weight is 388 g/mol. The summed E-state index contributed by atoms with van der Waals surface area (Å²) in [4.78, 5) is 11.2. The van der Waals surface area contributed by atoms with Gasteiger partial charge in [0.25, 0.3) is 0 Å². The Balaban J connectivity index is 1.78. The van der Waals surface area contributed by atoms with Crippen molar-refractivity contribution in [3.05, 3.63) is 47.0 Å². The predicted molar refractivity (Wildman–Crippen MR) is 106 cm³/mol. The van der Waals surface area contributed by atoms with Gasteiger partial charge in [0, 0.05) is 5.56 Å². The minimum Gasteiger partial charge on any atom is -0.507 e. The van der Waals surface area contributed by atoms with Crippen LogP contribution in [0.5, 0.6) is 23.0 Å². The minimum absolute atomic E-state index is 0.0427. The highest BCUT2D eigenvalue weighted by Gasteiger charge is 2.17. The molecule has 0 heterocycles. The monoisotopic (exact) mass is 388 g/mol. The van der Waals surface area contributed by atoms with Crippen molar-refractivity contribution in [3.8, 4) is 23.0 Å². The maximum Gasteiger partial charge on any atom is 0.339 e. The van der Waals surface area contributed by atoms with Gasteiger partial charge in [-0.2, -0.15) is 0 Å². The summed E-state index contributed by atoms with van der Waals surface area (Å²) in [5.74, 6) is -0.962. The van der Waals surface area contributed by atoms with Crippen LogP contribution in [0.3, 0.4) is 0 Å². The van der Waals surface area contributed by atoms with Crippen molar-refractivity contribution in [1.82, 2.24) is 0 Å². The molecule has 6 heteroatoms. The molecule has 0 spiro atoms. The summed E-state index contributed by atoms with van der Waals surface area (Å²) in [6, 6.07) is 7.97. The molecule has 2 aromatic rings. The molecule has 0 atom stereocenters. The van der Waals surface area contributed by atoms with Crippen molar-refractivity contribution in [2.24, 2.45) is 0 Å². The van der Waals surface area contributed by atoms with Crippen molar-refractivity contribution in [2.45, 2.75) is 51.9 Å². The zero-order valence-corrected chi connectivity index (χ0v) is 16.1. The molecule has 0 aromatic heterocycles. The van der Waals surface area contributed by atoms with E-state index < -0.39 is 5.97 Å². The minimum atomic E-state index is -1.15. The molecule has 2 aromatic carbocycles. The van der Waals surface area contributed by atoms with Crippen LogP contribution in [0.15, 0.2) is 30.3 Å². The average Bonchev–Trinajstić information content (AvgIpc) is 2.66. The van der Waals surface area contributed by atoms with Crippen molar-refractivity contribution in [3.63, 3.8) is 0 Å². The zero-order chi connectivity index (χ0) is 20.5. The van der Waals surface area contributed by atoms with Gasteiger partial charge in [-0.15, -0.1) is 0 Å². The molecular weight excluding hydrogens is 360 g/mol. The van der Waals surface area contributed by atoms with E-state index in [1.807, 2.05) is 6.92 Å². The van der Waals surface area contributed by atoms with E-state index in [1.165, 1.54) is 12.1 Å². The lowest BCUT2D eigenvalue weighted by atomic mass is 10.0. The number of hydrogen-bond acceptors (Lipinski definition) is 5. The Morgan fingerprint density at radius 2 is 1.68 bits per heavy atom. The van der Waals surface area contributed by atoms with Gasteiger partial charge in [-0.05, 0) is 49.4 Å². The predicted octanol–water partition coefficient (Wildman–Crippen LogP) is 4.64. The summed E-state index contributed by atoms with van der Waals surface area (Å²) in [6.07, 6.45) is 5.66. The van der Waals surface area contributed by atoms with Crippen LogP contribution in [-0.2, 0) is 12.8 Å². The fourth-order valence-corrected chi connectivity index (χ4v) is 3.15. The van der Waals surface area contributed by atoms with Crippen molar-refractivity contribution in [1.29, 1.82) is 0 Å². The van der Waals surface area contributed by atoms with Crippen LogP contribution in [0.1, 0.15) is 60.5 Å². The Bertz CT molecular complexity index is 800. The van der Waals surface area contributed by atoms with E-state index in [0.29, 0.717) is 30.8 Å². The molecule has 6 nitrogen and oxygen atoms in total. The number of para-hydroxylation sites is 1. The van der Waals surface area contributed by atoms with Crippen molar-refractivity contribution in [2.75, 3.05) is 6.61 Å². The molecule has 0 aliphatic heterocycles. The first-order valence-electron chi connectivity index (χ1n) is 9.66. The van der Waals surface area contributed by atoms with E-state index in [-0.39, 0.29) is 22.8 Å². The van der Waals surface area contributed by atoms with Gasteiger partial charge in [0.05, 0.1) is 6.61 Å². The number of hydrogen-bond donors (Lipinski definition) is 4. The van der Waals surface area contributed by atoms with Crippen LogP contribution in [0.2, 0.25) is 0 Å². The molecule has 152 valence electrons. The highest BCUT2D eigenvalue weighted by atomic mass is 16.5. The Morgan fingerprint density at radius 1 is 0.929 bits per heavy atom. The third-order valence-electron chi connectivity index (χ3n) is 4.67. The molecule has 0 saturated heterocycles. The number of aryl methyl sites for hydroxylation is 1. The van der Waals surface area contributed by atoms with Gasteiger partial charge >= 0.3 is 5.97 Å². The molecular formula is C22H28O6. The van der Waals surface area contributed by atoms with Gasteiger partial charge in [0.15, 0.2) is 11.5 Å². The third kappa shape index (κ3) is 5.55. The number of benzene rings is 2. The molecule has 0 radical (unpaired) electrons. The molecule has 0 aliphatic carbocycles. The van der Waals surface area contributed by atoms with Gasteiger partial charge in [-0.1, -0.05) is 38.3 Å². The van der Waals surface area contributed by atoms with Crippen LogP contribution in [0.25, 0.3) is 0 Å². The number of carboxylic acid groups (broad SMARTS) is 1. The van der Waals surface area contributed by atoms with Gasteiger partial charge in [-0.25, -0.2) is 4.79 Å². The Labute approximate surface area is 165 Å². The van der Waals surface area contributed by atoms with E-state index in [2.05, 4.69) is 0 Å². The summed E-state index contributed by atoms with van der Waals surface area (Å²) < 4.78 is 5.78. The third-order valence-corrected chi connectivity index (χ3v) is 4.67. The van der Waals surface area contributed by atoms with E-state index in [1.54, 1.807) is 18.2 Å². The fourth-order valence-electron chi connectivity index (χ4n) is 3.15. The Kier molecular flexibility index (Phi) is 7.99. The lowest BCUT2D eigenvalue weighted by molar-refractivity contribution is 0.0693. The molecule has 0 saturated carbocycles. The number of phenolic OH excluding ortho intramolecular Hbond substituents is 2. The highest BCUT2D eigenvalue weighted by Crippen LogP contribution is 2.33. The Morgan fingerprint density at radius 3 is 2.39 bits per heavy atom.